The van der Waals surface area contributed by atoms with Gasteiger partial charge in [0.1, 0.15) is 22.1 Å². The number of halogens is 2. The van der Waals surface area contributed by atoms with Crippen molar-refractivity contribution >= 4 is 50.5 Å². The topological polar surface area (TPSA) is 136 Å². The van der Waals surface area contributed by atoms with Gasteiger partial charge in [-0.3, -0.25) is 9.59 Å². The quantitative estimate of drug-likeness (QED) is 0.457. The highest BCUT2D eigenvalue weighted by Crippen LogP contribution is 2.38. The van der Waals surface area contributed by atoms with E-state index in [0.717, 1.165) is 6.07 Å². The van der Waals surface area contributed by atoms with Crippen molar-refractivity contribution < 1.29 is 27.9 Å². The zero-order valence-electron chi connectivity index (χ0n) is 16.4. The predicted octanol–water partition coefficient (Wildman–Crippen LogP) is 4.06. The Balaban J connectivity index is 1.95. The van der Waals surface area contributed by atoms with Crippen LogP contribution >= 0.6 is 23.2 Å². The number of phenols is 1. The first-order valence-corrected chi connectivity index (χ1v) is 11.2. The summed E-state index contributed by atoms with van der Waals surface area (Å²) < 4.78 is 31.6. The Morgan fingerprint density at radius 2 is 1.69 bits per heavy atom. The van der Waals surface area contributed by atoms with Gasteiger partial charge in [-0.1, -0.05) is 23.2 Å². The number of hydrogen-bond acceptors (Lipinski definition) is 6. The number of carbonyl (C=O) groups is 2. The van der Waals surface area contributed by atoms with Crippen molar-refractivity contribution in [2.24, 2.45) is 5.73 Å². The Labute approximate surface area is 193 Å². The molecule has 0 unspecified atom stereocenters. The second kappa shape index (κ2) is 9.07. The molecule has 3 aromatic carbocycles. The van der Waals surface area contributed by atoms with Crippen LogP contribution in [0.4, 0.5) is 5.69 Å². The largest absolute Gasteiger partial charge is 0.507 e. The molecule has 11 heteroatoms. The molecule has 32 heavy (non-hydrogen) atoms. The van der Waals surface area contributed by atoms with Crippen LogP contribution in [-0.2, 0) is 19.4 Å². The minimum Gasteiger partial charge on any atom is -0.507 e. The van der Waals surface area contributed by atoms with Crippen LogP contribution < -0.4 is 15.8 Å². The highest BCUT2D eigenvalue weighted by Gasteiger charge is 2.23. The van der Waals surface area contributed by atoms with Crippen LogP contribution in [0.15, 0.2) is 64.4 Å². The zero-order chi connectivity index (χ0) is 23.6. The van der Waals surface area contributed by atoms with Crippen molar-refractivity contribution in [3.63, 3.8) is 0 Å². The number of phenolic OH excluding ortho intramolecular Hbond substituents is 1. The number of rotatable bonds is 5. The molecular formula is C21H16Cl2N2O6S. The lowest BCUT2D eigenvalue weighted by Crippen LogP contribution is -2.29. The molecule has 0 heterocycles. The number of carbonyl (C=O) groups excluding carboxylic acids is 2. The van der Waals surface area contributed by atoms with E-state index in [4.69, 9.17) is 33.7 Å². The smallest absolute Gasteiger partial charge is 0.313 e. The minimum atomic E-state index is -4.06. The third-order valence-electron chi connectivity index (χ3n) is 4.28. The normalized spacial score (nSPS) is 11.1. The van der Waals surface area contributed by atoms with Gasteiger partial charge in [0.25, 0.3) is 0 Å². The molecule has 166 valence electrons. The summed E-state index contributed by atoms with van der Waals surface area (Å²) in [6.07, 6.45) is 0. The van der Waals surface area contributed by atoms with Gasteiger partial charge in [-0.25, -0.2) is 8.42 Å². The molecule has 3 rings (SSSR count). The second-order valence-corrected chi connectivity index (χ2v) is 9.37. The van der Waals surface area contributed by atoms with Crippen molar-refractivity contribution in [2.75, 3.05) is 5.32 Å². The molecule has 0 saturated heterocycles. The summed E-state index contributed by atoms with van der Waals surface area (Å²) in [5.74, 6) is -2.35. The molecule has 0 aliphatic heterocycles. The monoisotopic (exact) mass is 494 g/mol. The number of amides is 2. The summed E-state index contributed by atoms with van der Waals surface area (Å²) in [6, 6.07) is 12.1. The Morgan fingerprint density at radius 1 is 1.03 bits per heavy atom. The Kier molecular flexibility index (Phi) is 6.63. The molecule has 0 bridgehead atoms. The van der Waals surface area contributed by atoms with Crippen LogP contribution in [0.25, 0.3) is 0 Å². The molecule has 0 radical (unpaired) electrons. The summed E-state index contributed by atoms with van der Waals surface area (Å²) in [5.41, 5.74) is 5.62. The van der Waals surface area contributed by atoms with Crippen LogP contribution in [0, 0.1) is 6.92 Å². The standard InChI is InChI=1S/C21H16Cl2N2O6S/c1-11-8-13(25-21(28)20(24)27)9-16(23)19(11)31-14-4-7-17(26)18(10-14)32(29,30)15-5-2-12(22)3-6-15/h2-10,26H,1H3,(H2,24,27)(H,25,28). The molecule has 0 aromatic heterocycles. The van der Waals surface area contributed by atoms with Gasteiger partial charge in [-0.2, -0.15) is 0 Å². The number of aromatic hydroxyl groups is 1. The van der Waals surface area contributed by atoms with Gasteiger partial charge in [0.2, 0.25) is 9.84 Å². The minimum absolute atomic E-state index is 0.0573. The number of benzene rings is 3. The highest BCUT2D eigenvalue weighted by molar-refractivity contribution is 7.91. The lowest BCUT2D eigenvalue weighted by molar-refractivity contribution is -0.134. The molecule has 3 aromatic rings. The number of nitrogens with two attached hydrogens (primary N) is 1. The SMILES string of the molecule is Cc1cc(NC(=O)C(N)=O)cc(Cl)c1Oc1ccc(O)c(S(=O)(=O)c2ccc(Cl)cc2)c1. The summed E-state index contributed by atoms with van der Waals surface area (Å²) >= 11 is 12.1. The molecule has 8 nitrogen and oxygen atoms in total. The van der Waals surface area contributed by atoms with E-state index in [-0.39, 0.29) is 32.0 Å². The van der Waals surface area contributed by atoms with E-state index in [1.807, 2.05) is 0 Å². The summed E-state index contributed by atoms with van der Waals surface area (Å²) in [5, 5.41) is 12.9. The molecule has 0 spiro atoms. The van der Waals surface area contributed by atoms with Gasteiger partial charge in [-0.05, 0) is 61.0 Å². The maximum absolute atomic E-state index is 12.9. The first-order chi connectivity index (χ1) is 15.0. The van der Waals surface area contributed by atoms with Crippen molar-refractivity contribution in [3.05, 3.63) is 70.2 Å². The number of hydrogen-bond donors (Lipinski definition) is 3. The van der Waals surface area contributed by atoms with E-state index in [1.54, 1.807) is 6.92 Å². The summed E-state index contributed by atoms with van der Waals surface area (Å²) in [6.45, 7) is 1.63. The number of anilines is 1. The number of aryl methyl sites for hydroxylation is 1. The first-order valence-electron chi connectivity index (χ1n) is 8.91. The van der Waals surface area contributed by atoms with Gasteiger partial charge in [0.05, 0.1) is 9.92 Å². The fourth-order valence-electron chi connectivity index (χ4n) is 2.76. The summed E-state index contributed by atoms with van der Waals surface area (Å²) in [4.78, 5) is 22.0. The molecule has 0 aliphatic carbocycles. The number of sulfone groups is 1. The van der Waals surface area contributed by atoms with Crippen LogP contribution in [0.2, 0.25) is 10.0 Å². The molecular weight excluding hydrogens is 479 g/mol. The predicted molar refractivity (Wildman–Crippen MR) is 119 cm³/mol. The van der Waals surface area contributed by atoms with E-state index in [9.17, 15) is 23.1 Å². The Morgan fingerprint density at radius 3 is 2.28 bits per heavy atom. The molecule has 0 saturated carbocycles. The maximum Gasteiger partial charge on any atom is 0.313 e. The van der Waals surface area contributed by atoms with E-state index in [1.165, 1.54) is 48.5 Å². The van der Waals surface area contributed by atoms with E-state index < -0.39 is 27.4 Å². The number of primary amides is 1. The van der Waals surface area contributed by atoms with E-state index >= 15 is 0 Å². The zero-order valence-corrected chi connectivity index (χ0v) is 18.8. The Hall–Kier alpha value is -3.27. The van der Waals surface area contributed by atoms with Gasteiger partial charge < -0.3 is 20.9 Å². The van der Waals surface area contributed by atoms with Crippen LogP contribution in [0.3, 0.4) is 0 Å². The summed E-state index contributed by atoms with van der Waals surface area (Å²) in [7, 11) is -4.06. The molecule has 2 amide bonds. The lowest BCUT2D eigenvalue weighted by atomic mass is 10.2. The van der Waals surface area contributed by atoms with Crippen molar-refractivity contribution in [1.29, 1.82) is 0 Å². The average Bonchev–Trinajstić information content (AvgIpc) is 2.72. The van der Waals surface area contributed by atoms with Crippen LogP contribution in [0.5, 0.6) is 17.2 Å². The van der Waals surface area contributed by atoms with Crippen LogP contribution in [0.1, 0.15) is 5.56 Å². The first kappa shape index (κ1) is 23.4. The van der Waals surface area contributed by atoms with Gasteiger partial charge in [0, 0.05) is 16.8 Å². The second-order valence-electron chi connectivity index (χ2n) is 6.61. The van der Waals surface area contributed by atoms with E-state index in [2.05, 4.69) is 5.32 Å². The molecule has 0 fully saturated rings. The lowest BCUT2D eigenvalue weighted by Gasteiger charge is -2.14. The van der Waals surface area contributed by atoms with Crippen molar-refractivity contribution in [3.8, 4) is 17.2 Å². The van der Waals surface area contributed by atoms with Gasteiger partial charge in [0.15, 0.2) is 0 Å². The fourth-order valence-corrected chi connectivity index (χ4v) is 4.55. The Bertz CT molecular complexity index is 1300. The molecule has 4 N–H and O–H groups in total. The van der Waals surface area contributed by atoms with Crippen molar-refractivity contribution in [1.82, 2.24) is 0 Å². The third kappa shape index (κ3) is 4.96. The van der Waals surface area contributed by atoms with Gasteiger partial charge >= 0.3 is 11.8 Å². The van der Waals surface area contributed by atoms with E-state index in [0.29, 0.717) is 10.6 Å². The maximum atomic E-state index is 12.9. The fraction of sp³-hybridized carbons (Fsp3) is 0.0476. The number of ether oxygens (including phenoxy) is 1. The molecule has 0 atom stereocenters. The highest BCUT2D eigenvalue weighted by atomic mass is 35.5. The van der Waals surface area contributed by atoms with Gasteiger partial charge in [-0.15, -0.1) is 0 Å². The number of nitrogens with one attached hydrogen (secondary N) is 1. The third-order valence-corrected chi connectivity index (χ3v) is 6.61. The molecule has 0 aliphatic rings. The average molecular weight is 495 g/mol. The van der Waals surface area contributed by atoms with Crippen molar-refractivity contribution in [2.45, 2.75) is 16.7 Å². The van der Waals surface area contributed by atoms with Crippen LogP contribution in [-0.4, -0.2) is 25.3 Å².